The summed E-state index contributed by atoms with van der Waals surface area (Å²) in [5, 5.41) is 8.91. The van der Waals surface area contributed by atoms with Crippen LogP contribution in [0.2, 0.25) is 0 Å². The summed E-state index contributed by atoms with van der Waals surface area (Å²) in [5.41, 5.74) is 2.64. The molecule has 1 aliphatic heterocycles. The molecular formula is C18H23N3O3. The van der Waals surface area contributed by atoms with Gasteiger partial charge in [-0.05, 0) is 17.0 Å². The van der Waals surface area contributed by atoms with Gasteiger partial charge in [-0.2, -0.15) is 4.98 Å². The van der Waals surface area contributed by atoms with Gasteiger partial charge in [0.15, 0.2) is 5.69 Å². The fourth-order valence-corrected chi connectivity index (χ4v) is 2.87. The monoisotopic (exact) mass is 329 g/mol. The number of hydrogen-bond donors (Lipinski definition) is 1. The predicted octanol–water partition coefficient (Wildman–Crippen LogP) is 2.82. The average molecular weight is 329 g/mol. The molecule has 1 aromatic heterocycles. The van der Waals surface area contributed by atoms with Crippen molar-refractivity contribution in [1.82, 2.24) is 9.88 Å². The van der Waals surface area contributed by atoms with E-state index in [1.165, 1.54) is 17.4 Å². The number of nitrogens with zero attached hydrogens (tertiary/aromatic N) is 3. The number of hydrogen-bond acceptors (Lipinski definition) is 5. The van der Waals surface area contributed by atoms with Crippen molar-refractivity contribution < 1.29 is 14.3 Å². The Morgan fingerprint density at radius 2 is 1.88 bits per heavy atom. The molecule has 0 radical (unpaired) electrons. The van der Waals surface area contributed by atoms with E-state index in [9.17, 15) is 4.79 Å². The lowest BCUT2D eigenvalue weighted by molar-refractivity contribution is 0.0690. The zero-order valence-electron chi connectivity index (χ0n) is 14.1. The zero-order valence-corrected chi connectivity index (χ0v) is 14.1. The summed E-state index contributed by atoms with van der Waals surface area (Å²) in [7, 11) is 0. The Balaban J connectivity index is 1.53. The van der Waals surface area contributed by atoms with Crippen LogP contribution in [0.1, 0.15) is 41.4 Å². The van der Waals surface area contributed by atoms with Gasteiger partial charge < -0.3 is 14.4 Å². The second-order valence-electron chi connectivity index (χ2n) is 6.48. The highest BCUT2D eigenvalue weighted by Crippen LogP contribution is 2.18. The molecule has 24 heavy (non-hydrogen) atoms. The summed E-state index contributed by atoms with van der Waals surface area (Å²) in [6.45, 7) is 8.69. The Labute approximate surface area is 141 Å². The van der Waals surface area contributed by atoms with Crippen molar-refractivity contribution in [2.45, 2.75) is 26.3 Å². The Bertz CT molecular complexity index is 686. The Kier molecular flexibility index (Phi) is 4.85. The number of aromatic carboxylic acids is 1. The molecule has 2 aromatic rings. The van der Waals surface area contributed by atoms with Crippen LogP contribution in [0.5, 0.6) is 0 Å². The fraction of sp³-hybridized carbons (Fsp3) is 0.444. The first-order valence-corrected chi connectivity index (χ1v) is 8.28. The lowest BCUT2D eigenvalue weighted by Crippen LogP contribution is -2.46. The molecule has 1 aromatic carbocycles. The van der Waals surface area contributed by atoms with E-state index in [1.54, 1.807) is 0 Å². The van der Waals surface area contributed by atoms with E-state index < -0.39 is 5.97 Å². The van der Waals surface area contributed by atoms with Crippen LogP contribution in [0.3, 0.4) is 0 Å². The van der Waals surface area contributed by atoms with Crippen LogP contribution in [0.25, 0.3) is 0 Å². The SMILES string of the molecule is CC(C)c1ccc(CN2CCN(c3nc(C(=O)O)co3)CC2)cc1. The van der Waals surface area contributed by atoms with Crippen LogP contribution in [0.4, 0.5) is 6.01 Å². The van der Waals surface area contributed by atoms with Gasteiger partial charge in [-0.25, -0.2) is 4.79 Å². The average Bonchev–Trinajstić information content (AvgIpc) is 3.06. The topological polar surface area (TPSA) is 69.8 Å². The molecule has 0 amide bonds. The van der Waals surface area contributed by atoms with Gasteiger partial charge in [0.2, 0.25) is 0 Å². The molecule has 0 unspecified atom stereocenters. The molecule has 0 saturated carbocycles. The zero-order chi connectivity index (χ0) is 17.1. The number of carbonyl (C=O) groups is 1. The molecule has 128 valence electrons. The fourth-order valence-electron chi connectivity index (χ4n) is 2.87. The molecule has 0 aliphatic carbocycles. The third-order valence-corrected chi connectivity index (χ3v) is 4.41. The van der Waals surface area contributed by atoms with Gasteiger partial charge in [-0.3, -0.25) is 4.90 Å². The molecule has 3 rings (SSSR count). The summed E-state index contributed by atoms with van der Waals surface area (Å²) in [6.07, 6.45) is 1.19. The van der Waals surface area contributed by atoms with Crippen LogP contribution in [-0.4, -0.2) is 47.1 Å². The van der Waals surface area contributed by atoms with Gasteiger partial charge >= 0.3 is 5.97 Å². The highest BCUT2D eigenvalue weighted by molar-refractivity contribution is 5.85. The van der Waals surface area contributed by atoms with Crippen molar-refractivity contribution in [2.75, 3.05) is 31.1 Å². The van der Waals surface area contributed by atoms with Crippen molar-refractivity contribution >= 4 is 12.0 Å². The minimum absolute atomic E-state index is 0.0438. The second kappa shape index (κ2) is 7.05. The smallest absolute Gasteiger partial charge is 0.357 e. The van der Waals surface area contributed by atoms with Gasteiger partial charge in [0, 0.05) is 32.7 Å². The third-order valence-electron chi connectivity index (χ3n) is 4.41. The first-order chi connectivity index (χ1) is 11.5. The maximum Gasteiger partial charge on any atom is 0.357 e. The maximum atomic E-state index is 10.9. The standard InChI is InChI=1S/C18H23N3O3/c1-13(2)15-5-3-14(4-6-15)11-20-7-9-21(10-8-20)18-19-16(12-24-18)17(22)23/h3-6,12-13H,7-11H2,1-2H3,(H,22,23). The van der Waals surface area contributed by atoms with Crippen LogP contribution in [0.15, 0.2) is 34.9 Å². The number of carboxylic acids is 1. The Morgan fingerprint density at radius 1 is 1.21 bits per heavy atom. The van der Waals surface area contributed by atoms with E-state index >= 15 is 0 Å². The first kappa shape index (κ1) is 16.5. The van der Waals surface area contributed by atoms with E-state index in [0.717, 1.165) is 32.7 Å². The van der Waals surface area contributed by atoms with Crippen LogP contribution in [-0.2, 0) is 6.54 Å². The van der Waals surface area contributed by atoms with E-state index in [1.807, 2.05) is 4.90 Å². The summed E-state index contributed by atoms with van der Waals surface area (Å²) in [5.74, 6) is -0.507. The number of anilines is 1. The molecule has 1 saturated heterocycles. The predicted molar refractivity (Wildman–Crippen MR) is 91.5 cm³/mol. The Morgan fingerprint density at radius 3 is 2.42 bits per heavy atom. The number of carboxylic acid groups (broad SMARTS) is 1. The number of piperazine rings is 1. The normalized spacial score (nSPS) is 15.9. The van der Waals surface area contributed by atoms with Crippen molar-refractivity contribution in [3.05, 3.63) is 47.3 Å². The molecule has 0 atom stereocenters. The molecule has 6 heteroatoms. The number of benzene rings is 1. The molecule has 0 spiro atoms. The van der Waals surface area contributed by atoms with Gasteiger partial charge in [0.05, 0.1) is 0 Å². The number of rotatable bonds is 5. The van der Waals surface area contributed by atoms with Crippen molar-refractivity contribution in [1.29, 1.82) is 0 Å². The van der Waals surface area contributed by atoms with Gasteiger partial charge in [0.25, 0.3) is 6.01 Å². The molecule has 2 heterocycles. The lowest BCUT2D eigenvalue weighted by Gasteiger charge is -2.33. The van der Waals surface area contributed by atoms with Crippen molar-refractivity contribution in [2.24, 2.45) is 0 Å². The molecule has 1 aliphatic rings. The van der Waals surface area contributed by atoms with E-state index in [4.69, 9.17) is 9.52 Å². The van der Waals surface area contributed by atoms with Gasteiger partial charge in [0.1, 0.15) is 6.26 Å². The molecule has 1 fully saturated rings. The van der Waals surface area contributed by atoms with E-state index in [2.05, 4.69) is 48.0 Å². The molecular weight excluding hydrogens is 306 g/mol. The van der Waals surface area contributed by atoms with Gasteiger partial charge in [-0.1, -0.05) is 38.1 Å². The van der Waals surface area contributed by atoms with Crippen LogP contribution < -0.4 is 4.90 Å². The Hall–Kier alpha value is -2.34. The lowest BCUT2D eigenvalue weighted by atomic mass is 10.0. The van der Waals surface area contributed by atoms with Crippen LogP contribution in [0, 0.1) is 0 Å². The number of oxazole rings is 1. The minimum atomic E-state index is -1.06. The van der Waals surface area contributed by atoms with E-state index in [-0.39, 0.29) is 5.69 Å². The maximum absolute atomic E-state index is 10.9. The third kappa shape index (κ3) is 3.76. The summed E-state index contributed by atoms with van der Waals surface area (Å²) in [6, 6.07) is 9.21. The van der Waals surface area contributed by atoms with Gasteiger partial charge in [-0.15, -0.1) is 0 Å². The number of aromatic nitrogens is 1. The van der Waals surface area contributed by atoms with Crippen molar-refractivity contribution in [3.63, 3.8) is 0 Å². The second-order valence-corrected chi connectivity index (χ2v) is 6.48. The summed E-state index contributed by atoms with van der Waals surface area (Å²) >= 11 is 0. The molecule has 6 nitrogen and oxygen atoms in total. The first-order valence-electron chi connectivity index (χ1n) is 8.28. The highest BCUT2D eigenvalue weighted by Gasteiger charge is 2.22. The van der Waals surface area contributed by atoms with E-state index in [0.29, 0.717) is 11.9 Å². The quantitative estimate of drug-likeness (QED) is 0.909. The van der Waals surface area contributed by atoms with Crippen LogP contribution >= 0.6 is 0 Å². The van der Waals surface area contributed by atoms with Crippen molar-refractivity contribution in [3.8, 4) is 0 Å². The minimum Gasteiger partial charge on any atom is -0.476 e. The summed E-state index contributed by atoms with van der Waals surface area (Å²) < 4.78 is 5.27. The molecule has 0 bridgehead atoms. The summed E-state index contributed by atoms with van der Waals surface area (Å²) in [4.78, 5) is 19.3. The largest absolute Gasteiger partial charge is 0.476 e. The molecule has 1 N–H and O–H groups in total. The highest BCUT2D eigenvalue weighted by atomic mass is 16.4.